The Balaban J connectivity index is 2.15. The van der Waals surface area contributed by atoms with E-state index in [1.165, 1.54) is 5.69 Å². The van der Waals surface area contributed by atoms with Gasteiger partial charge in [0.25, 0.3) is 0 Å². The summed E-state index contributed by atoms with van der Waals surface area (Å²) in [7, 11) is 0. The molecule has 1 fully saturated rings. The summed E-state index contributed by atoms with van der Waals surface area (Å²) in [5.41, 5.74) is 7.46. The maximum absolute atomic E-state index is 6.07. The van der Waals surface area contributed by atoms with Gasteiger partial charge in [-0.05, 0) is 57.9 Å². The Labute approximate surface area is 110 Å². The Morgan fingerprint density at radius 3 is 2.56 bits per heavy atom. The molecule has 0 saturated carbocycles. The third-order valence-corrected chi connectivity index (χ3v) is 3.68. The number of ether oxygens (including phenoxy) is 1. The van der Waals surface area contributed by atoms with Gasteiger partial charge in [0.05, 0.1) is 6.61 Å². The largest absolute Gasteiger partial charge is 0.494 e. The molecule has 0 radical (unpaired) electrons. The van der Waals surface area contributed by atoms with E-state index in [1.54, 1.807) is 0 Å². The summed E-state index contributed by atoms with van der Waals surface area (Å²) >= 11 is 0. The molecule has 1 saturated heterocycles. The second kappa shape index (κ2) is 5.19. The second-order valence-corrected chi connectivity index (χ2v) is 5.64. The van der Waals surface area contributed by atoms with Crippen molar-refractivity contribution >= 4 is 5.69 Å². The monoisotopic (exact) mass is 248 g/mol. The highest BCUT2D eigenvalue weighted by Gasteiger charge is 2.33. The third kappa shape index (κ3) is 2.78. The Morgan fingerprint density at radius 2 is 2.00 bits per heavy atom. The van der Waals surface area contributed by atoms with Gasteiger partial charge in [-0.1, -0.05) is 0 Å². The zero-order valence-corrected chi connectivity index (χ0v) is 11.6. The highest BCUT2D eigenvalue weighted by molar-refractivity contribution is 5.51. The van der Waals surface area contributed by atoms with Gasteiger partial charge < -0.3 is 15.4 Å². The Kier molecular flexibility index (Phi) is 3.81. The van der Waals surface area contributed by atoms with E-state index in [0.29, 0.717) is 12.6 Å². The van der Waals surface area contributed by atoms with E-state index in [0.717, 1.165) is 25.1 Å². The van der Waals surface area contributed by atoms with Gasteiger partial charge in [-0.3, -0.25) is 0 Å². The van der Waals surface area contributed by atoms with Crippen molar-refractivity contribution in [1.29, 1.82) is 0 Å². The molecule has 1 unspecified atom stereocenters. The molecular weight excluding hydrogens is 224 g/mol. The number of benzene rings is 1. The first kappa shape index (κ1) is 13.2. The summed E-state index contributed by atoms with van der Waals surface area (Å²) in [5.74, 6) is 0.938. The average molecular weight is 248 g/mol. The van der Waals surface area contributed by atoms with Gasteiger partial charge in [0.2, 0.25) is 0 Å². The number of nitrogens with two attached hydrogens (primary N) is 1. The van der Waals surface area contributed by atoms with E-state index in [1.807, 2.05) is 19.1 Å². The van der Waals surface area contributed by atoms with Gasteiger partial charge in [0.15, 0.2) is 0 Å². The van der Waals surface area contributed by atoms with E-state index >= 15 is 0 Å². The number of nitrogens with zero attached hydrogens (tertiary/aromatic N) is 1. The zero-order chi connectivity index (χ0) is 13.2. The fraction of sp³-hybridized carbons (Fsp3) is 0.600. The smallest absolute Gasteiger partial charge is 0.119 e. The number of hydrogen-bond acceptors (Lipinski definition) is 3. The molecule has 3 nitrogen and oxygen atoms in total. The van der Waals surface area contributed by atoms with Gasteiger partial charge in [-0.2, -0.15) is 0 Å². The van der Waals surface area contributed by atoms with E-state index in [-0.39, 0.29) is 5.54 Å². The van der Waals surface area contributed by atoms with Crippen molar-refractivity contribution in [3.05, 3.63) is 24.3 Å². The molecule has 0 aromatic heterocycles. The van der Waals surface area contributed by atoms with Crippen LogP contribution in [0, 0.1) is 0 Å². The van der Waals surface area contributed by atoms with Crippen LogP contribution in [0.3, 0.4) is 0 Å². The summed E-state index contributed by atoms with van der Waals surface area (Å²) < 4.78 is 5.48. The highest BCUT2D eigenvalue weighted by Crippen LogP contribution is 2.32. The first-order valence-electron chi connectivity index (χ1n) is 6.79. The Morgan fingerprint density at radius 1 is 1.33 bits per heavy atom. The van der Waals surface area contributed by atoms with Crippen LogP contribution in [0.1, 0.15) is 33.6 Å². The van der Waals surface area contributed by atoms with Crippen LogP contribution in [0.25, 0.3) is 0 Å². The molecule has 1 atom stereocenters. The molecule has 1 aliphatic heterocycles. The van der Waals surface area contributed by atoms with Crippen molar-refractivity contribution < 1.29 is 4.74 Å². The fourth-order valence-electron chi connectivity index (χ4n) is 2.82. The lowest BCUT2D eigenvalue weighted by atomic mass is 9.87. The SMILES string of the molecule is CCOc1ccc(N2CCC(N)CC2(C)C)cc1. The summed E-state index contributed by atoms with van der Waals surface area (Å²) in [6.45, 7) is 8.28. The lowest BCUT2D eigenvalue weighted by Crippen LogP contribution is -2.53. The normalized spacial score (nSPS) is 22.9. The molecule has 0 amide bonds. The lowest BCUT2D eigenvalue weighted by Gasteiger charge is -2.46. The molecule has 2 rings (SSSR count). The molecular formula is C15H24N2O. The van der Waals surface area contributed by atoms with Gasteiger partial charge in [0, 0.05) is 23.8 Å². The fourth-order valence-corrected chi connectivity index (χ4v) is 2.82. The van der Waals surface area contributed by atoms with Crippen LogP contribution < -0.4 is 15.4 Å². The predicted octanol–water partition coefficient (Wildman–Crippen LogP) is 2.79. The molecule has 1 aromatic rings. The highest BCUT2D eigenvalue weighted by atomic mass is 16.5. The Hall–Kier alpha value is -1.22. The molecule has 2 N–H and O–H groups in total. The minimum Gasteiger partial charge on any atom is -0.494 e. The zero-order valence-electron chi connectivity index (χ0n) is 11.6. The van der Waals surface area contributed by atoms with Crippen LogP contribution >= 0.6 is 0 Å². The van der Waals surface area contributed by atoms with Crippen molar-refractivity contribution in [2.45, 2.75) is 45.2 Å². The van der Waals surface area contributed by atoms with E-state index in [4.69, 9.17) is 10.5 Å². The first-order valence-corrected chi connectivity index (χ1v) is 6.79. The molecule has 0 aliphatic carbocycles. The summed E-state index contributed by atoms with van der Waals surface area (Å²) in [4.78, 5) is 2.45. The van der Waals surface area contributed by atoms with Crippen molar-refractivity contribution in [3.8, 4) is 5.75 Å². The van der Waals surface area contributed by atoms with Crippen LogP contribution in [-0.4, -0.2) is 24.7 Å². The van der Waals surface area contributed by atoms with Gasteiger partial charge in [-0.25, -0.2) is 0 Å². The Bertz CT molecular complexity index is 386. The minimum absolute atomic E-state index is 0.130. The van der Waals surface area contributed by atoms with Crippen LogP contribution in [0.5, 0.6) is 5.75 Å². The molecule has 1 heterocycles. The van der Waals surface area contributed by atoms with Gasteiger partial charge >= 0.3 is 0 Å². The van der Waals surface area contributed by atoms with E-state index in [2.05, 4.69) is 30.9 Å². The summed E-state index contributed by atoms with van der Waals surface area (Å²) in [6.07, 6.45) is 2.11. The summed E-state index contributed by atoms with van der Waals surface area (Å²) in [6, 6.07) is 8.71. The molecule has 0 bridgehead atoms. The van der Waals surface area contributed by atoms with Gasteiger partial charge in [0.1, 0.15) is 5.75 Å². The van der Waals surface area contributed by atoms with Crippen LogP contribution in [-0.2, 0) is 0 Å². The van der Waals surface area contributed by atoms with Crippen molar-refractivity contribution in [2.75, 3.05) is 18.1 Å². The molecule has 100 valence electrons. The van der Waals surface area contributed by atoms with E-state index < -0.39 is 0 Å². The van der Waals surface area contributed by atoms with Gasteiger partial charge in [-0.15, -0.1) is 0 Å². The van der Waals surface area contributed by atoms with E-state index in [9.17, 15) is 0 Å². The number of hydrogen-bond donors (Lipinski definition) is 1. The maximum Gasteiger partial charge on any atom is 0.119 e. The molecule has 1 aromatic carbocycles. The molecule has 0 spiro atoms. The topological polar surface area (TPSA) is 38.5 Å². The minimum atomic E-state index is 0.130. The second-order valence-electron chi connectivity index (χ2n) is 5.64. The van der Waals surface area contributed by atoms with Crippen LogP contribution in [0.4, 0.5) is 5.69 Å². The standard InChI is InChI=1S/C15H24N2O/c1-4-18-14-7-5-13(6-8-14)17-10-9-12(16)11-15(17,2)3/h5-8,12H,4,9-11,16H2,1-3H3. The maximum atomic E-state index is 6.07. The van der Waals surface area contributed by atoms with Crippen molar-refractivity contribution in [2.24, 2.45) is 5.73 Å². The number of piperidine rings is 1. The van der Waals surface area contributed by atoms with Crippen molar-refractivity contribution in [1.82, 2.24) is 0 Å². The van der Waals surface area contributed by atoms with Crippen LogP contribution in [0.2, 0.25) is 0 Å². The lowest BCUT2D eigenvalue weighted by molar-refractivity contribution is 0.326. The number of rotatable bonds is 3. The quantitative estimate of drug-likeness (QED) is 0.894. The third-order valence-electron chi connectivity index (χ3n) is 3.68. The molecule has 1 aliphatic rings. The summed E-state index contributed by atoms with van der Waals surface area (Å²) in [5, 5.41) is 0. The molecule has 3 heteroatoms. The molecule has 18 heavy (non-hydrogen) atoms. The average Bonchev–Trinajstić information content (AvgIpc) is 2.30. The number of anilines is 1. The van der Waals surface area contributed by atoms with Crippen LogP contribution in [0.15, 0.2) is 24.3 Å². The predicted molar refractivity (Wildman–Crippen MR) is 76.2 cm³/mol. The first-order chi connectivity index (χ1) is 8.53. The van der Waals surface area contributed by atoms with Crippen molar-refractivity contribution in [3.63, 3.8) is 0 Å².